The minimum atomic E-state index is -0.193. The molecule has 0 radical (unpaired) electrons. The van der Waals surface area contributed by atoms with Crippen molar-refractivity contribution in [1.82, 2.24) is 19.2 Å². The Morgan fingerprint density at radius 3 is 3.17 bits per heavy atom. The molecule has 7 heteroatoms. The van der Waals surface area contributed by atoms with Crippen LogP contribution in [0, 0.1) is 0 Å². The zero-order valence-corrected chi connectivity index (χ0v) is 13.5. The Morgan fingerprint density at radius 1 is 1.42 bits per heavy atom. The molecule has 0 saturated carbocycles. The molecule has 1 aliphatic rings. The smallest absolute Gasteiger partial charge is 0.260 e. The van der Waals surface area contributed by atoms with E-state index >= 15 is 0 Å². The number of imidazole rings is 1. The molecule has 0 aliphatic carbocycles. The predicted octanol–water partition coefficient (Wildman–Crippen LogP) is 2.21. The second kappa shape index (κ2) is 6.09. The highest BCUT2D eigenvalue weighted by Crippen LogP contribution is 2.26. The Bertz CT molecular complexity index is 876. The highest BCUT2D eigenvalue weighted by atomic mass is 16.5. The average Bonchev–Trinajstić information content (AvgIpc) is 3.22. The number of carbonyl (C=O) groups is 1. The summed E-state index contributed by atoms with van der Waals surface area (Å²) < 4.78 is 9.05. The van der Waals surface area contributed by atoms with Crippen LogP contribution in [-0.2, 0) is 11.8 Å². The van der Waals surface area contributed by atoms with Crippen LogP contribution in [0.25, 0.3) is 5.65 Å². The summed E-state index contributed by atoms with van der Waals surface area (Å²) >= 11 is 0. The minimum absolute atomic E-state index is 0.193. The topological polar surface area (TPSA) is 73.5 Å². The molecule has 1 atom stereocenters. The maximum Gasteiger partial charge on any atom is 0.260 e. The number of pyridine rings is 1. The Hall–Kier alpha value is -2.67. The van der Waals surface area contributed by atoms with Gasteiger partial charge in [-0.05, 0) is 25.0 Å². The van der Waals surface area contributed by atoms with Crippen LogP contribution in [-0.4, -0.2) is 38.3 Å². The summed E-state index contributed by atoms with van der Waals surface area (Å²) in [6, 6.07) is 5.53. The fraction of sp³-hybridized carbons (Fsp3) is 0.353. The first-order valence-electron chi connectivity index (χ1n) is 8.07. The molecular weight excluding hydrogens is 306 g/mol. The number of fused-ring (bicyclic) bond motifs is 1. The summed E-state index contributed by atoms with van der Waals surface area (Å²) in [4.78, 5) is 16.9. The normalized spacial score (nSPS) is 18.0. The monoisotopic (exact) mass is 325 g/mol. The van der Waals surface area contributed by atoms with Crippen molar-refractivity contribution in [3.8, 4) is 0 Å². The molecule has 24 heavy (non-hydrogen) atoms. The van der Waals surface area contributed by atoms with Crippen molar-refractivity contribution < 1.29 is 9.53 Å². The fourth-order valence-corrected chi connectivity index (χ4v) is 3.09. The van der Waals surface area contributed by atoms with Crippen molar-refractivity contribution in [3.05, 3.63) is 48.0 Å². The van der Waals surface area contributed by atoms with Gasteiger partial charge >= 0.3 is 0 Å². The quantitative estimate of drug-likeness (QED) is 0.801. The van der Waals surface area contributed by atoms with E-state index in [0.29, 0.717) is 29.6 Å². The number of nitrogens with one attached hydrogen (secondary N) is 1. The summed E-state index contributed by atoms with van der Waals surface area (Å²) in [5.41, 5.74) is 2.14. The fourth-order valence-electron chi connectivity index (χ4n) is 3.09. The Kier molecular flexibility index (Phi) is 3.78. The average molecular weight is 325 g/mol. The van der Waals surface area contributed by atoms with Crippen molar-refractivity contribution in [3.63, 3.8) is 0 Å². The molecule has 7 nitrogen and oxygen atoms in total. The standard InChI is InChI=1S/C17H19N5O2/c1-21-15(10-14(20-21)12-4-3-9-24-11-12)19-17(23)13-5-2-7-22-8-6-18-16(13)22/h2,5-8,10,12H,3-4,9,11H2,1H3,(H,19,23). The number of carbonyl (C=O) groups excluding carboxylic acids is 1. The molecular formula is C17H19N5O2. The zero-order chi connectivity index (χ0) is 16.5. The number of aryl methyl sites for hydroxylation is 1. The molecule has 1 amide bonds. The third-order valence-electron chi connectivity index (χ3n) is 4.38. The zero-order valence-electron chi connectivity index (χ0n) is 13.5. The number of ether oxygens (including phenoxy) is 1. The SMILES string of the molecule is Cn1nc(C2CCCOC2)cc1NC(=O)c1cccn2ccnc12. The first-order valence-corrected chi connectivity index (χ1v) is 8.07. The van der Waals surface area contributed by atoms with Gasteiger partial charge in [0.25, 0.3) is 5.91 Å². The lowest BCUT2D eigenvalue weighted by atomic mass is 9.99. The molecule has 3 aromatic rings. The van der Waals surface area contributed by atoms with E-state index in [4.69, 9.17) is 4.74 Å². The summed E-state index contributed by atoms with van der Waals surface area (Å²) in [6.07, 6.45) is 7.47. The third kappa shape index (κ3) is 2.67. The lowest BCUT2D eigenvalue weighted by Crippen LogP contribution is -2.16. The van der Waals surface area contributed by atoms with Crippen molar-refractivity contribution in [1.29, 1.82) is 0 Å². The molecule has 1 saturated heterocycles. The molecule has 1 aliphatic heterocycles. The first kappa shape index (κ1) is 14.9. The van der Waals surface area contributed by atoms with Crippen molar-refractivity contribution in [2.45, 2.75) is 18.8 Å². The van der Waals surface area contributed by atoms with Gasteiger partial charge in [0.05, 0.1) is 17.9 Å². The van der Waals surface area contributed by atoms with E-state index in [2.05, 4.69) is 15.4 Å². The molecule has 1 unspecified atom stereocenters. The number of amides is 1. The minimum Gasteiger partial charge on any atom is -0.381 e. The molecule has 4 rings (SSSR count). The lowest BCUT2D eigenvalue weighted by molar-refractivity contribution is 0.0791. The van der Waals surface area contributed by atoms with E-state index in [-0.39, 0.29) is 5.91 Å². The van der Waals surface area contributed by atoms with Gasteiger partial charge < -0.3 is 14.5 Å². The van der Waals surface area contributed by atoms with Crippen LogP contribution in [0.15, 0.2) is 36.8 Å². The first-order chi connectivity index (χ1) is 11.7. The van der Waals surface area contributed by atoms with E-state index in [0.717, 1.165) is 25.1 Å². The van der Waals surface area contributed by atoms with Crippen LogP contribution < -0.4 is 5.32 Å². The lowest BCUT2D eigenvalue weighted by Gasteiger charge is -2.19. The molecule has 1 N–H and O–H groups in total. The van der Waals surface area contributed by atoms with Crippen LogP contribution in [0.5, 0.6) is 0 Å². The van der Waals surface area contributed by atoms with Gasteiger partial charge in [-0.3, -0.25) is 9.48 Å². The summed E-state index contributed by atoms with van der Waals surface area (Å²) in [5, 5.41) is 7.47. The van der Waals surface area contributed by atoms with E-state index in [9.17, 15) is 4.79 Å². The molecule has 0 spiro atoms. The van der Waals surface area contributed by atoms with Gasteiger partial charge in [0.1, 0.15) is 11.5 Å². The number of anilines is 1. The second-order valence-corrected chi connectivity index (χ2v) is 6.03. The third-order valence-corrected chi connectivity index (χ3v) is 4.38. The van der Waals surface area contributed by atoms with Gasteiger partial charge in [0.2, 0.25) is 0 Å². The van der Waals surface area contributed by atoms with Gasteiger partial charge in [-0.25, -0.2) is 4.98 Å². The van der Waals surface area contributed by atoms with Gasteiger partial charge in [-0.2, -0.15) is 5.10 Å². The maximum absolute atomic E-state index is 12.6. The molecule has 3 aromatic heterocycles. The summed E-state index contributed by atoms with van der Waals surface area (Å²) in [7, 11) is 1.83. The molecule has 124 valence electrons. The highest BCUT2D eigenvalue weighted by Gasteiger charge is 2.21. The summed E-state index contributed by atoms with van der Waals surface area (Å²) in [6.45, 7) is 1.51. The molecule has 0 bridgehead atoms. The Balaban J connectivity index is 1.57. The van der Waals surface area contributed by atoms with Gasteiger partial charge in [-0.15, -0.1) is 0 Å². The van der Waals surface area contributed by atoms with Crippen LogP contribution >= 0.6 is 0 Å². The molecule has 4 heterocycles. The van der Waals surface area contributed by atoms with Crippen molar-refractivity contribution in [2.75, 3.05) is 18.5 Å². The van der Waals surface area contributed by atoms with Crippen LogP contribution in [0.1, 0.15) is 34.8 Å². The summed E-state index contributed by atoms with van der Waals surface area (Å²) in [5.74, 6) is 0.779. The number of hydrogen-bond acceptors (Lipinski definition) is 4. The van der Waals surface area contributed by atoms with E-state index in [1.54, 1.807) is 16.9 Å². The number of rotatable bonds is 3. The molecule has 1 fully saturated rings. The van der Waals surface area contributed by atoms with Gasteiger partial charge in [0.15, 0.2) is 0 Å². The van der Waals surface area contributed by atoms with Crippen LogP contribution in [0.4, 0.5) is 5.82 Å². The van der Waals surface area contributed by atoms with E-state index in [1.807, 2.05) is 36.0 Å². The Morgan fingerprint density at radius 2 is 2.33 bits per heavy atom. The maximum atomic E-state index is 12.6. The number of aromatic nitrogens is 4. The van der Waals surface area contributed by atoms with E-state index < -0.39 is 0 Å². The van der Waals surface area contributed by atoms with Gasteiger partial charge in [0, 0.05) is 44.2 Å². The largest absolute Gasteiger partial charge is 0.381 e. The second-order valence-electron chi connectivity index (χ2n) is 6.03. The van der Waals surface area contributed by atoms with Crippen molar-refractivity contribution >= 4 is 17.4 Å². The van der Waals surface area contributed by atoms with Gasteiger partial charge in [-0.1, -0.05) is 0 Å². The van der Waals surface area contributed by atoms with Crippen molar-refractivity contribution in [2.24, 2.45) is 7.05 Å². The van der Waals surface area contributed by atoms with Crippen LogP contribution in [0.3, 0.4) is 0 Å². The number of hydrogen-bond donors (Lipinski definition) is 1. The predicted molar refractivity (Wildman–Crippen MR) is 89.1 cm³/mol. The highest BCUT2D eigenvalue weighted by molar-refractivity contribution is 6.07. The molecule has 0 aromatic carbocycles. The van der Waals surface area contributed by atoms with Crippen LogP contribution in [0.2, 0.25) is 0 Å². The number of nitrogens with zero attached hydrogens (tertiary/aromatic N) is 4. The Labute approximate surface area is 139 Å². The van der Waals surface area contributed by atoms with E-state index in [1.165, 1.54) is 0 Å².